The Kier molecular flexibility index (Phi) is 3.78. The highest BCUT2D eigenvalue weighted by atomic mass is 16.5. The van der Waals surface area contributed by atoms with Crippen LogP contribution in [-0.4, -0.2) is 23.0 Å². The number of hydrogen-bond acceptors (Lipinski definition) is 3. The van der Waals surface area contributed by atoms with E-state index in [-0.39, 0.29) is 5.91 Å². The molecule has 1 aromatic carbocycles. The van der Waals surface area contributed by atoms with Crippen LogP contribution in [0.5, 0.6) is 5.75 Å². The van der Waals surface area contributed by atoms with Crippen molar-refractivity contribution in [1.29, 1.82) is 0 Å². The molecular weight excluding hydrogens is 278 g/mol. The molecule has 0 aliphatic rings. The molecule has 0 atom stereocenters. The number of hydrogen-bond donors (Lipinski definition) is 2. The van der Waals surface area contributed by atoms with E-state index in [1.807, 2.05) is 37.3 Å². The van der Waals surface area contributed by atoms with E-state index in [2.05, 4.69) is 15.3 Å². The van der Waals surface area contributed by atoms with Gasteiger partial charge in [-0.25, -0.2) is 0 Å². The van der Waals surface area contributed by atoms with Gasteiger partial charge < -0.3 is 15.0 Å². The topological polar surface area (TPSA) is 67.0 Å². The summed E-state index contributed by atoms with van der Waals surface area (Å²) in [4.78, 5) is 19.8. The Bertz CT molecular complexity index is 809. The molecule has 2 aromatic heterocycles. The van der Waals surface area contributed by atoms with E-state index in [9.17, 15) is 4.79 Å². The SMILES string of the molecule is COc1ccc2c(C(=O)NCc3cccnc3)c(C)[nH]c2c1. The summed E-state index contributed by atoms with van der Waals surface area (Å²) in [6, 6.07) is 9.43. The Morgan fingerprint density at radius 3 is 2.95 bits per heavy atom. The second-order valence-electron chi connectivity index (χ2n) is 5.08. The standard InChI is InChI=1S/C17H17N3O2/c1-11-16(14-6-5-13(22-2)8-15(14)20-11)17(21)19-10-12-4-3-7-18-9-12/h3-9,20H,10H2,1-2H3,(H,19,21). The fourth-order valence-electron chi connectivity index (χ4n) is 2.50. The van der Waals surface area contributed by atoms with Gasteiger partial charge in [-0.2, -0.15) is 0 Å². The molecule has 112 valence electrons. The van der Waals surface area contributed by atoms with Crippen LogP contribution in [0, 0.1) is 6.92 Å². The van der Waals surface area contributed by atoms with Crippen LogP contribution in [0.3, 0.4) is 0 Å². The molecule has 1 amide bonds. The van der Waals surface area contributed by atoms with Gasteiger partial charge in [0.15, 0.2) is 0 Å². The predicted octanol–water partition coefficient (Wildman–Crippen LogP) is 2.81. The number of ether oxygens (including phenoxy) is 1. The molecule has 0 bridgehead atoms. The molecule has 0 aliphatic carbocycles. The summed E-state index contributed by atoms with van der Waals surface area (Å²) in [6.45, 7) is 2.35. The molecule has 3 rings (SSSR count). The minimum atomic E-state index is -0.0993. The van der Waals surface area contributed by atoms with Crippen LogP contribution in [0.15, 0.2) is 42.7 Å². The van der Waals surface area contributed by atoms with Crippen LogP contribution in [0.4, 0.5) is 0 Å². The van der Waals surface area contributed by atoms with Gasteiger partial charge in [-0.05, 0) is 30.7 Å². The average molecular weight is 295 g/mol. The van der Waals surface area contributed by atoms with E-state index in [4.69, 9.17) is 4.74 Å². The second kappa shape index (κ2) is 5.89. The van der Waals surface area contributed by atoms with Gasteiger partial charge in [0.25, 0.3) is 5.91 Å². The van der Waals surface area contributed by atoms with Crippen molar-refractivity contribution in [2.75, 3.05) is 7.11 Å². The maximum atomic E-state index is 12.5. The zero-order chi connectivity index (χ0) is 15.5. The Hall–Kier alpha value is -2.82. The van der Waals surface area contributed by atoms with Gasteiger partial charge in [-0.3, -0.25) is 9.78 Å². The van der Waals surface area contributed by atoms with Crippen molar-refractivity contribution in [2.24, 2.45) is 0 Å². The van der Waals surface area contributed by atoms with E-state index >= 15 is 0 Å². The third kappa shape index (κ3) is 2.65. The molecule has 22 heavy (non-hydrogen) atoms. The van der Waals surface area contributed by atoms with Crippen LogP contribution in [0.1, 0.15) is 21.6 Å². The minimum absolute atomic E-state index is 0.0993. The van der Waals surface area contributed by atoms with Gasteiger partial charge in [0.2, 0.25) is 0 Å². The van der Waals surface area contributed by atoms with Gasteiger partial charge in [-0.1, -0.05) is 6.07 Å². The summed E-state index contributed by atoms with van der Waals surface area (Å²) in [5.74, 6) is 0.661. The van der Waals surface area contributed by atoms with Gasteiger partial charge >= 0.3 is 0 Å². The molecule has 0 radical (unpaired) electrons. The normalized spacial score (nSPS) is 10.6. The zero-order valence-electron chi connectivity index (χ0n) is 12.5. The highest BCUT2D eigenvalue weighted by Gasteiger charge is 2.16. The number of nitrogens with zero attached hydrogens (tertiary/aromatic N) is 1. The van der Waals surface area contributed by atoms with Crippen molar-refractivity contribution in [1.82, 2.24) is 15.3 Å². The molecule has 0 spiro atoms. The molecule has 0 fully saturated rings. The number of aromatic amines is 1. The third-order valence-corrected chi connectivity index (χ3v) is 3.60. The maximum absolute atomic E-state index is 12.5. The smallest absolute Gasteiger partial charge is 0.253 e. The minimum Gasteiger partial charge on any atom is -0.497 e. The van der Waals surface area contributed by atoms with Crippen molar-refractivity contribution in [2.45, 2.75) is 13.5 Å². The number of fused-ring (bicyclic) bond motifs is 1. The van der Waals surface area contributed by atoms with E-state index in [0.717, 1.165) is 27.9 Å². The summed E-state index contributed by atoms with van der Waals surface area (Å²) in [7, 11) is 1.62. The van der Waals surface area contributed by atoms with Crippen LogP contribution < -0.4 is 10.1 Å². The first-order valence-electron chi connectivity index (χ1n) is 7.02. The number of carbonyl (C=O) groups is 1. The average Bonchev–Trinajstić information content (AvgIpc) is 2.88. The molecule has 0 saturated carbocycles. The number of amides is 1. The number of nitrogens with one attached hydrogen (secondary N) is 2. The first-order chi connectivity index (χ1) is 10.7. The van der Waals surface area contributed by atoms with E-state index in [0.29, 0.717) is 12.1 Å². The van der Waals surface area contributed by atoms with Gasteiger partial charge in [0, 0.05) is 36.1 Å². The van der Waals surface area contributed by atoms with E-state index in [1.54, 1.807) is 19.5 Å². The summed E-state index contributed by atoms with van der Waals surface area (Å²) in [6.07, 6.45) is 3.45. The highest BCUT2D eigenvalue weighted by molar-refractivity contribution is 6.08. The zero-order valence-corrected chi connectivity index (χ0v) is 12.5. The van der Waals surface area contributed by atoms with Gasteiger partial charge in [0.05, 0.1) is 18.2 Å². The summed E-state index contributed by atoms with van der Waals surface area (Å²) < 4.78 is 5.21. The van der Waals surface area contributed by atoms with Crippen LogP contribution in [0.25, 0.3) is 10.9 Å². The fourth-order valence-corrected chi connectivity index (χ4v) is 2.50. The number of benzene rings is 1. The van der Waals surface area contributed by atoms with Crippen LogP contribution in [-0.2, 0) is 6.54 Å². The second-order valence-corrected chi connectivity index (χ2v) is 5.08. The van der Waals surface area contributed by atoms with Crippen molar-refractivity contribution in [3.05, 3.63) is 59.5 Å². The summed E-state index contributed by atoms with van der Waals surface area (Å²) in [5.41, 5.74) is 3.37. The Labute approximate surface area is 128 Å². The molecular formula is C17H17N3O2. The fraction of sp³-hybridized carbons (Fsp3) is 0.176. The lowest BCUT2D eigenvalue weighted by Gasteiger charge is -2.05. The Morgan fingerprint density at radius 1 is 1.36 bits per heavy atom. The molecule has 5 heteroatoms. The predicted molar refractivity (Wildman–Crippen MR) is 85.0 cm³/mol. The lowest BCUT2D eigenvalue weighted by atomic mass is 10.1. The lowest BCUT2D eigenvalue weighted by molar-refractivity contribution is 0.0952. The first-order valence-corrected chi connectivity index (χ1v) is 7.02. The molecule has 0 saturated heterocycles. The number of H-pyrrole nitrogens is 1. The first kappa shape index (κ1) is 14.1. The van der Waals surface area contributed by atoms with Crippen molar-refractivity contribution in [3.8, 4) is 5.75 Å². The number of pyridine rings is 1. The molecule has 2 N–H and O–H groups in total. The maximum Gasteiger partial charge on any atom is 0.253 e. The van der Waals surface area contributed by atoms with E-state index in [1.165, 1.54) is 0 Å². The lowest BCUT2D eigenvalue weighted by Crippen LogP contribution is -2.23. The molecule has 3 aromatic rings. The van der Waals surface area contributed by atoms with Crippen LogP contribution >= 0.6 is 0 Å². The Morgan fingerprint density at radius 2 is 2.23 bits per heavy atom. The number of aromatic nitrogens is 2. The highest BCUT2D eigenvalue weighted by Crippen LogP contribution is 2.25. The Balaban J connectivity index is 1.86. The number of aryl methyl sites for hydroxylation is 1. The third-order valence-electron chi connectivity index (χ3n) is 3.60. The number of rotatable bonds is 4. The molecule has 0 unspecified atom stereocenters. The molecule has 0 aliphatic heterocycles. The quantitative estimate of drug-likeness (QED) is 0.777. The number of carbonyl (C=O) groups excluding carboxylic acids is 1. The molecule has 5 nitrogen and oxygen atoms in total. The molecule has 2 heterocycles. The monoisotopic (exact) mass is 295 g/mol. The van der Waals surface area contributed by atoms with E-state index < -0.39 is 0 Å². The van der Waals surface area contributed by atoms with Crippen molar-refractivity contribution < 1.29 is 9.53 Å². The summed E-state index contributed by atoms with van der Waals surface area (Å²) >= 11 is 0. The van der Waals surface area contributed by atoms with Gasteiger partial charge in [-0.15, -0.1) is 0 Å². The van der Waals surface area contributed by atoms with Crippen molar-refractivity contribution >= 4 is 16.8 Å². The van der Waals surface area contributed by atoms with Crippen LogP contribution in [0.2, 0.25) is 0 Å². The van der Waals surface area contributed by atoms with Gasteiger partial charge in [0.1, 0.15) is 5.75 Å². The number of methoxy groups -OCH3 is 1. The van der Waals surface area contributed by atoms with Crippen molar-refractivity contribution in [3.63, 3.8) is 0 Å². The summed E-state index contributed by atoms with van der Waals surface area (Å²) in [5, 5.41) is 3.82. The largest absolute Gasteiger partial charge is 0.497 e.